The van der Waals surface area contributed by atoms with E-state index in [1.807, 2.05) is 17.9 Å². The minimum atomic E-state index is 0. The highest BCUT2D eigenvalue weighted by molar-refractivity contribution is 5.85. The van der Waals surface area contributed by atoms with Gasteiger partial charge in [-0.25, -0.2) is 0 Å². The smallest absolute Gasteiger partial charge is 0.0534 e. The van der Waals surface area contributed by atoms with Gasteiger partial charge in [-0.05, 0) is 24.9 Å². The van der Waals surface area contributed by atoms with E-state index in [1.54, 1.807) is 0 Å². The first-order chi connectivity index (χ1) is 7.11. The summed E-state index contributed by atoms with van der Waals surface area (Å²) < 4.78 is 1.85. The molecule has 0 spiro atoms. The SMILES string of the molecule is Cl.Cn1cc(CN2CCC(C)(CN)C2)cn1. The molecule has 1 unspecified atom stereocenters. The molecule has 1 atom stereocenters. The van der Waals surface area contributed by atoms with Crippen molar-refractivity contribution in [3.63, 3.8) is 0 Å². The molecule has 0 radical (unpaired) electrons. The van der Waals surface area contributed by atoms with Crippen LogP contribution in [0.3, 0.4) is 0 Å². The van der Waals surface area contributed by atoms with E-state index < -0.39 is 0 Å². The van der Waals surface area contributed by atoms with Gasteiger partial charge in [0.2, 0.25) is 0 Å². The zero-order valence-corrected chi connectivity index (χ0v) is 10.8. The highest BCUT2D eigenvalue weighted by Gasteiger charge is 2.32. The Morgan fingerprint density at radius 3 is 2.81 bits per heavy atom. The molecule has 1 saturated heterocycles. The number of nitrogens with two attached hydrogens (primary N) is 1. The van der Waals surface area contributed by atoms with Crippen molar-refractivity contribution >= 4 is 12.4 Å². The van der Waals surface area contributed by atoms with Gasteiger partial charge in [-0.1, -0.05) is 6.92 Å². The lowest BCUT2D eigenvalue weighted by Gasteiger charge is -2.22. The van der Waals surface area contributed by atoms with Gasteiger partial charge in [0.25, 0.3) is 0 Å². The standard InChI is InChI=1S/C11H20N4.ClH/c1-11(8-12)3-4-15(9-11)7-10-5-13-14(2)6-10;/h5-6H,3-4,7-9,12H2,1-2H3;1H. The van der Waals surface area contributed by atoms with Crippen molar-refractivity contribution in [1.29, 1.82) is 0 Å². The van der Waals surface area contributed by atoms with Crippen LogP contribution in [-0.4, -0.2) is 34.3 Å². The minimum absolute atomic E-state index is 0. The molecule has 0 amide bonds. The molecular formula is C11H21ClN4. The lowest BCUT2D eigenvalue weighted by atomic mass is 9.90. The molecule has 0 aliphatic carbocycles. The number of likely N-dealkylation sites (tertiary alicyclic amines) is 1. The van der Waals surface area contributed by atoms with Crippen LogP contribution in [0.25, 0.3) is 0 Å². The minimum Gasteiger partial charge on any atom is -0.330 e. The van der Waals surface area contributed by atoms with Crippen molar-refractivity contribution in [2.45, 2.75) is 19.9 Å². The van der Waals surface area contributed by atoms with Crippen LogP contribution in [0, 0.1) is 5.41 Å². The van der Waals surface area contributed by atoms with Crippen molar-refractivity contribution in [2.75, 3.05) is 19.6 Å². The van der Waals surface area contributed by atoms with Gasteiger partial charge < -0.3 is 5.73 Å². The highest BCUT2D eigenvalue weighted by atomic mass is 35.5. The fourth-order valence-electron chi connectivity index (χ4n) is 2.24. The summed E-state index contributed by atoms with van der Waals surface area (Å²) in [5, 5.41) is 4.18. The quantitative estimate of drug-likeness (QED) is 0.864. The second-order valence-corrected chi connectivity index (χ2v) is 5.00. The Morgan fingerprint density at radius 1 is 1.56 bits per heavy atom. The molecule has 4 nitrogen and oxygen atoms in total. The summed E-state index contributed by atoms with van der Waals surface area (Å²) in [7, 11) is 1.96. The molecule has 2 N–H and O–H groups in total. The van der Waals surface area contributed by atoms with Crippen molar-refractivity contribution in [2.24, 2.45) is 18.2 Å². The molecule has 1 aliphatic heterocycles. The third-order valence-corrected chi connectivity index (χ3v) is 3.29. The summed E-state index contributed by atoms with van der Waals surface area (Å²) >= 11 is 0. The molecule has 1 fully saturated rings. The first-order valence-corrected chi connectivity index (χ1v) is 5.51. The Bertz CT molecular complexity index is 338. The topological polar surface area (TPSA) is 47.1 Å². The zero-order chi connectivity index (χ0) is 10.9. The van der Waals surface area contributed by atoms with Crippen molar-refractivity contribution in [3.8, 4) is 0 Å². The van der Waals surface area contributed by atoms with Crippen LogP contribution in [-0.2, 0) is 13.6 Å². The number of hydrogen-bond acceptors (Lipinski definition) is 3. The van der Waals surface area contributed by atoms with Crippen LogP contribution < -0.4 is 5.73 Å². The maximum absolute atomic E-state index is 5.78. The molecule has 5 heteroatoms. The molecule has 16 heavy (non-hydrogen) atoms. The number of rotatable bonds is 3. The van der Waals surface area contributed by atoms with Crippen LogP contribution in [0.4, 0.5) is 0 Å². The first-order valence-electron chi connectivity index (χ1n) is 5.51. The molecule has 2 rings (SSSR count). The monoisotopic (exact) mass is 244 g/mol. The lowest BCUT2D eigenvalue weighted by Crippen LogP contribution is -2.31. The predicted octanol–water partition coefficient (Wildman–Crippen LogP) is 1.01. The van der Waals surface area contributed by atoms with E-state index in [4.69, 9.17) is 5.73 Å². The number of nitrogens with zero attached hydrogens (tertiary/aromatic N) is 3. The van der Waals surface area contributed by atoms with Gasteiger partial charge >= 0.3 is 0 Å². The second kappa shape index (κ2) is 5.17. The highest BCUT2D eigenvalue weighted by Crippen LogP contribution is 2.29. The van der Waals surface area contributed by atoms with Gasteiger partial charge in [-0.3, -0.25) is 9.58 Å². The lowest BCUT2D eigenvalue weighted by molar-refractivity contribution is 0.274. The summed E-state index contributed by atoms with van der Waals surface area (Å²) in [6.45, 7) is 6.33. The van der Waals surface area contributed by atoms with Crippen LogP contribution >= 0.6 is 12.4 Å². The van der Waals surface area contributed by atoms with Crippen molar-refractivity contribution in [1.82, 2.24) is 14.7 Å². The average molecular weight is 245 g/mol. The number of halogens is 1. The molecular weight excluding hydrogens is 224 g/mol. The molecule has 0 aromatic carbocycles. The molecule has 2 heterocycles. The van der Waals surface area contributed by atoms with Crippen LogP contribution in [0.15, 0.2) is 12.4 Å². The van der Waals surface area contributed by atoms with Crippen molar-refractivity contribution in [3.05, 3.63) is 18.0 Å². The van der Waals surface area contributed by atoms with E-state index in [2.05, 4.69) is 23.1 Å². The predicted molar refractivity (Wildman–Crippen MR) is 67.5 cm³/mol. The van der Waals surface area contributed by atoms with Gasteiger partial charge in [0.15, 0.2) is 0 Å². The summed E-state index contributed by atoms with van der Waals surface area (Å²) in [5.41, 5.74) is 7.40. The molecule has 1 aliphatic rings. The Balaban J connectivity index is 0.00000128. The molecule has 1 aromatic rings. The van der Waals surface area contributed by atoms with Crippen LogP contribution in [0.5, 0.6) is 0 Å². The Hall–Kier alpha value is -0.580. The van der Waals surface area contributed by atoms with E-state index in [1.165, 1.54) is 12.0 Å². The van der Waals surface area contributed by atoms with E-state index in [0.717, 1.165) is 26.2 Å². The fourth-order valence-corrected chi connectivity index (χ4v) is 2.24. The summed E-state index contributed by atoms with van der Waals surface area (Å²) in [6.07, 6.45) is 5.24. The van der Waals surface area contributed by atoms with Crippen LogP contribution in [0.1, 0.15) is 18.9 Å². The third kappa shape index (κ3) is 2.97. The zero-order valence-electron chi connectivity index (χ0n) is 10.0. The fraction of sp³-hybridized carbons (Fsp3) is 0.727. The van der Waals surface area contributed by atoms with Gasteiger partial charge in [0.1, 0.15) is 0 Å². The summed E-state index contributed by atoms with van der Waals surface area (Å²) in [6, 6.07) is 0. The van der Waals surface area contributed by atoms with E-state index in [-0.39, 0.29) is 12.4 Å². The normalized spacial score (nSPS) is 25.7. The Kier molecular flexibility index (Phi) is 4.35. The molecule has 0 bridgehead atoms. The molecule has 92 valence electrons. The van der Waals surface area contributed by atoms with Crippen molar-refractivity contribution < 1.29 is 0 Å². The van der Waals surface area contributed by atoms with Gasteiger partial charge in [0, 0.05) is 31.9 Å². The van der Waals surface area contributed by atoms with Gasteiger partial charge in [0.05, 0.1) is 6.20 Å². The number of aryl methyl sites for hydroxylation is 1. The van der Waals surface area contributed by atoms with Crippen LogP contribution in [0.2, 0.25) is 0 Å². The Morgan fingerprint density at radius 2 is 2.31 bits per heavy atom. The van der Waals surface area contributed by atoms with Gasteiger partial charge in [-0.15, -0.1) is 12.4 Å². The Labute approximate surface area is 103 Å². The number of aromatic nitrogens is 2. The number of hydrogen-bond donors (Lipinski definition) is 1. The maximum atomic E-state index is 5.78. The maximum Gasteiger partial charge on any atom is 0.0534 e. The van der Waals surface area contributed by atoms with Gasteiger partial charge in [-0.2, -0.15) is 5.10 Å². The summed E-state index contributed by atoms with van der Waals surface area (Å²) in [4.78, 5) is 2.46. The molecule has 1 aromatic heterocycles. The van der Waals surface area contributed by atoms with E-state index in [9.17, 15) is 0 Å². The van der Waals surface area contributed by atoms with E-state index >= 15 is 0 Å². The second-order valence-electron chi connectivity index (χ2n) is 5.00. The largest absolute Gasteiger partial charge is 0.330 e. The molecule has 0 saturated carbocycles. The average Bonchev–Trinajstić information content (AvgIpc) is 2.76. The summed E-state index contributed by atoms with van der Waals surface area (Å²) in [5.74, 6) is 0. The third-order valence-electron chi connectivity index (χ3n) is 3.29. The van der Waals surface area contributed by atoms with E-state index in [0.29, 0.717) is 5.41 Å². The first kappa shape index (κ1) is 13.5.